The van der Waals surface area contributed by atoms with Gasteiger partial charge in [-0.05, 0) is 49.4 Å². The van der Waals surface area contributed by atoms with Gasteiger partial charge in [0.25, 0.3) is 0 Å². The summed E-state index contributed by atoms with van der Waals surface area (Å²) >= 11 is 7.41. The molecule has 0 spiro atoms. The molecule has 4 nitrogen and oxygen atoms in total. The number of carbonyl (C=O) groups is 1. The SMILES string of the molecule is COc1ccc(S[C@H](C)C(=O)Nc2ccc(C#N)c(Cl)c2)cc1. The largest absolute Gasteiger partial charge is 0.497 e. The van der Waals surface area contributed by atoms with Crippen molar-refractivity contribution >= 4 is 35.0 Å². The molecule has 0 saturated carbocycles. The van der Waals surface area contributed by atoms with Crippen LogP contribution in [-0.2, 0) is 4.79 Å². The Morgan fingerprint density at radius 3 is 2.57 bits per heavy atom. The predicted octanol–water partition coefficient (Wildman–Crippen LogP) is 4.34. The van der Waals surface area contributed by atoms with Crippen LogP contribution in [0.4, 0.5) is 5.69 Å². The molecule has 1 N–H and O–H groups in total. The van der Waals surface area contributed by atoms with E-state index in [-0.39, 0.29) is 11.2 Å². The van der Waals surface area contributed by atoms with E-state index in [9.17, 15) is 4.79 Å². The summed E-state index contributed by atoms with van der Waals surface area (Å²) in [4.78, 5) is 13.2. The zero-order valence-corrected chi connectivity index (χ0v) is 14.2. The van der Waals surface area contributed by atoms with Crippen LogP contribution in [0.15, 0.2) is 47.4 Å². The molecule has 23 heavy (non-hydrogen) atoms. The number of methoxy groups -OCH3 is 1. The minimum absolute atomic E-state index is 0.133. The summed E-state index contributed by atoms with van der Waals surface area (Å²) in [5.41, 5.74) is 0.950. The fourth-order valence-electron chi connectivity index (χ4n) is 1.84. The normalized spacial score (nSPS) is 11.4. The lowest BCUT2D eigenvalue weighted by atomic mass is 10.2. The van der Waals surface area contributed by atoms with Crippen molar-refractivity contribution in [1.29, 1.82) is 5.26 Å². The third-order valence-corrected chi connectivity index (χ3v) is 4.52. The number of anilines is 1. The van der Waals surface area contributed by atoms with Crippen molar-refractivity contribution in [2.24, 2.45) is 0 Å². The Bertz CT molecular complexity index is 741. The number of halogens is 1. The Hall–Kier alpha value is -2.16. The first-order chi connectivity index (χ1) is 11.0. The van der Waals surface area contributed by atoms with Gasteiger partial charge in [-0.25, -0.2) is 0 Å². The van der Waals surface area contributed by atoms with Crippen molar-refractivity contribution in [3.05, 3.63) is 53.1 Å². The average molecular weight is 347 g/mol. The maximum atomic E-state index is 12.2. The second-order valence-corrected chi connectivity index (χ2v) is 6.55. The number of amides is 1. The lowest BCUT2D eigenvalue weighted by Gasteiger charge is -2.12. The van der Waals surface area contributed by atoms with E-state index >= 15 is 0 Å². The highest BCUT2D eigenvalue weighted by Crippen LogP contribution is 2.27. The summed E-state index contributed by atoms with van der Waals surface area (Å²) in [6.07, 6.45) is 0. The molecule has 0 fully saturated rings. The van der Waals surface area contributed by atoms with E-state index in [1.807, 2.05) is 37.3 Å². The molecule has 0 saturated heterocycles. The predicted molar refractivity (Wildman–Crippen MR) is 93.1 cm³/mol. The molecule has 2 aromatic carbocycles. The molecular formula is C17H15ClN2O2S. The first-order valence-electron chi connectivity index (χ1n) is 6.84. The number of thioether (sulfide) groups is 1. The van der Waals surface area contributed by atoms with Crippen LogP contribution < -0.4 is 10.1 Å². The van der Waals surface area contributed by atoms with Gasteiger partial charge in [0, 0.05) is 10.6 Å². The molecule has 2 rings (SSSR count). The molecule has 0 unspecified atom stereocenters. The number of carbonyl (C=O) groups excluding carboxylic acids is 1. The van der Waals surface area contributed by atoms with Crippen molar-refractivity contribution in [3.63, 3.8) is 0 Å². The highest BCUT2D eigenvalue weighted by molar-refractivity contribution is 8.00. The highest BCUT2D eigenvalue weighted by Gasteiger charge is 2.15. The first kappa shape index (κ1) is 17.2. The van der Waals surface area contributed by atoms with Gasteiger partial charge < -0.3 is 10.1 Å². The Labute approximate surface area is 144 Å². The molecule has 0 heterocycles. The number of nitrogens with one attached hydrogen (secondary N) is 1. The zero-order chi connectivity index (χ0) is 16.8. The van der Waals surface area contributed by atoms with Gasteiger partial charge in [-0.1, -0.05) is 11.6 Å². The van der Waals surface area contributed by atoms with Crippen LogP contribution in [0.2, 0.25) is 5.02 Å². The molecule has 1 amide bonds. The van der Waals surface area contributed by atoms with E-state index < -0.39 is 0 Å². The van der Waals surface area contributed by atoms with Crippen LogP contribution in [0.3, 0.4) is 0 Å². The molecule has 0 bridgehead atoms. The number of ether oxygens (including phenoxy) is 1. The fraction of sp³-hybridized carbons (Fsp3) is 0.176. The molecular weight excluding hydrogens is 332 g/mol. The van der Waals surface area contributed by atoms with Crippen LogP contribution in [0.25, 0.3) is 0 Å². The van der Waals surface area contributed by atoms with Crippen LogP contribution in [-0.4, -0.2) is 18.3 Å². The van der Waals surface area contributed by atoms with Crippen LogP contribution in [0, 0.1) is 11.3 Å². The molecule has 118 valence electrons. The highest BCUT2D eigenvalue weighted by atomic mass is 35.5. The van der Waals surface area contributed by atoms with Crippen LogP contribution in [0.5, 0.6) is 5.75 Å². The number of benzene rings is 2. The van der Waals surface area contributed by atoms with Crippen molar-refractivity contribution in [1.82, 2.24) is 0 Å². The van der Waals surface area contributed by atoms with E-state index in [0.717, 1.165) is 10.6 Å². The monoisotopic (exact) mass is 346 g/mol. The third kappa shape index (κ3) is 4.65. The Morgan fingerprint density at radius 1 is 1.30 bits per heavy atom. The lowest BCUT2D eigenvalue weighted by molar-refractivity contribution is -0.115. The summed E-state index contributed by atoms with van der Waals surface area (Å²) in [5.74, 6) is 0.644. The lowest BCUT2D eigenvalue weighted by Crippen LogP contribution is -2.22. The Kier molecular flexibility index (Phi) is 5.91. The van der Waals surface area contributed by atoms with Gasteiger partial charge in [0.2, 0.25) is 5.91 Å². The van der Waals surface area contributed by atoms with E-state index in [1.54, 1.807) is 25.3 Å². The summed E-state index contributed by atoms with van der Waals surface area (Å²) in [6, 6.07) is 14.3. The van der Waals surface area contributed by atoms with Crippen molar-refractivity contribution in [2.45, 2.75) is 17.1 Å². The first-order valence-corrected chi connectivity index (χ1v) is 8.10. The molecule has 0 aliphatic rings. The number of nitriles is 1. The van der Waals surface area contributed by atoms with Gasteiger partial charge in [-0.15, -0.1) is 11.8 Å². The third-order valence-electron chi connectivity index (χ3n) is 3.10. The van der Waals surface area contributed by atoms with E-state index in [1.165, 1.54) is 11.8 Å². The standard InChI is InChI=1S/C17H15ClN2O2S/c1-11(23-15-7-5-14(22-2)6-8-15)17(21)20-13-4-3-12(10-19)16(18)9-13/h3-9,11H,1-2H3,(H,20,21)/t11-/m1/s1. The fourth-order valence-corrected chi connectivity index (χ4v) is 2.93. The molecule has 0 aliphatic heterocycles. The molecule has 2 aromatic rings. The number of hydrogen-bond acceptors (Lipinski definition) is 4. The van der Waals surface area contributed by atoms with Crippen LogP contribution >= 0.6 is 23.4 Å². The minimum atomic E-state index is -0.280. The van der Waals surface area contributed by atoms with Gasteiger partial charge in [-0.2, -0.15) is 5.26 Å². The molecule has 0 radical (unpaired) electrons. The zero-order valence-electron chi connectivity index (χ0n) is 12.7. The number of rotatable bonds is 5. The summed E-state index contributed by atoms with van der Waals surface area (Å²) in [6.45, 7) is 1.83. The van der Waals surface area contributed by atoms with Gasteiger partial charge in [0.05, 0.1) is 22.9 Å². The van der Waals surface area contributed by atoms with Gasteiger partial charge in [-0.3, -0.25) is 4.79 Å². The molecule has 6 heteroatoms. The van der Waals surface area contributed by atoms with Gasteiger partial charge >= 0.3 is 0 Å². The topological polar surface area (TPSA) is 62.1 Å². The van der Waals surface area contributed by atoms with Crippen molar-refractivity contribution in [3.8, 4) is 11.8 Å². The van der Waals surface area contributed by atoms with E-state index in [4.69, 9.17) is 21.6 Å². The van der Waals surface area contributed by atoms with E-state index in [2.05, 4.69) is 5.32 Å². The van der Waals surface area contributed by atoms with Crippen molar-refractivity contribution in [2.75, 3.05) is 12.4 Å². The average Bonchev–Trinajstić information content (AvgIpc) is 2.55. The smallest absolute Gasteiger partial charge is 0.237 e. The van der Waals surface area contributed by atoms with Crippen molar-refractivity contribution < 1.29 is 9.53 Å². The summed E-state index contributed by atoms with van der Waals surface area (Å²) in [7, 11) is 1.61. The van der Waals surface area contributed by atoms with E-state index in [0.29, 0.717) is 16.3 Å². The summed E-state index contributed by atoms with van der Waals surface area (Å²) < 4.78 is 5.11. The maximum Gasteiger partial charge on any atom is 0.237 e. The molecule has 1 atom stereocenters. The maximum absolute atomic E-state index is 12.2. The second-order valence-electron chi connectivity index (χ2n) is 4.73. The summed E-state index contributed by atoms with van der Waals surface area (Å²) in [5, 5.41) is 11.7. The second kappa shape index (κ2) is 7.91. The van der Waals surface area contributed by atoms with Gasteiger partial charge in [0.15, 0.2) is 0 Å². The molecule has 0 aliphatic carbocycles. The Balaban J connectivity index is 1.99. The number of hydrogen-bond donors (Lipinski definition) is 1. The molecule has 0 aromatic heterocycles. The van der Waals surface area contributed by atoms with Gasteiger partial charge in [0.1, 0.15) is 11.8 Å². The van der Waals surface area contributed by atoms with Crippen LogP contribution in [0.1, 0.15) is 12.5 Å². The number of nitrogens with zero attached hydrogens (tertiary/aromatic N) is 1. The Morgan fingerprint density at radius 2 is 2.00 bits per heavy atom. The minimum Gasteiger partial charge on any atom is -0.497 e. The quantitative estimate of drug-likeness (QED) is 0.818.